The molecule has 2 saturated heterocycles. The van der Waals surface area contributed by atoms with Crippen LogP contribution in [0.15, 0.2) is 28.8 Å². The second kappa shape index (κ2) is 10.6. The lowest BCUT2D eigenvalue weighted by molar-refractivity contribution is 0.0303. The average molecular weight is 444 g/mol. The highest BCUT2D eigenvalue weighted by molar-refractivity contribution is 5.94. The normalized spacial score (nSPS) is 18.5. The van der Waals surface area contributed by atoms with E-state index < -0.39 is 0 Å². The molecule has 10 nitrogen and oxygen atoms in total. The Balaban J connectivity index is 1.26. The van der Waals surface area contributed by atoms with E-state index in [1.54, 1.807) is 41.1 Å². The summed E-state index contributed by atoms with van der Waals surface area (Å²) in [4.78, 5) is 32.6. The number of ether oxygens (including phenoxy) is 2. The van der Waals surface area contributed by atoms with E-state index in [2.05, 4.69) is 15.5 Å². The van der Waals surface area contributed by atoms with E-state index >= 15 is 0 Å². The molecule has 0 aliphatic carbocycles. The van der Waals surface area contributed by atoms with Gasteiger partial charge in [-0.05, 0) is 37.1 Å². The number of aromatic nitrogens is 2. The van der Waals surface area contributed by atoms with E-state index in [-0.39, 0.29) is 18.0 Å². The number of nitrogens with one attached hydrogen (secondary N) is 1. The van der Waals surface area contributed by atoms with Gasteiger partial charge in [0, 0.05) is 57.4 Å². The minimum absolute atomic E-state index is 0.00752. The first kappa shape index (κ1) is 22.2. The monoisotopic (exact) mass is 443 g/mol. The van der Waals surface area contributed by atoms with Gasteiger partial charge in [0.05, 0.1) is 19.3 Å². The molecule has 3 heterocycles. The predicted octanol–water partition coefficient (Wildman–Crippen LogP) is 1.57. The molecule has 2 fully saturated rings. The lowest BCUT2D eigenvalue weighted by atomic mass is 10.1. The van der Waals surface area contributed by atoms with Crippen molar-refractivity contribution in [1.82, 2.24) is 25.3 Å². The molecule has 32 heavy (non-hydrogen) atoms. The molecule has 0 radical (unpaired) electrons. The van der Waals surface area contributed by atoms with Crippen molar-refractivity contribution in [2.24, 2.45) is 0 Å². The van der Waals surface area contributed by atoms with Crippen molar-refractivity contribution in [3.8, 4) is 11.5 Å². The van der Waals surface area contributed by atoms with Crippen LogP contribution in [0.4, 0.5) is 4.79 Å². The predicted molar refractivity (Wildman–Crippen MR) is 115 cm³/mol. The quantitative estimate of drug-likeness (QED) is 0.692. The van der Waals surface area contributed by atoms with Crippen LogP contribution in [0.25, 0.3) is 11.5 Å². The lowest BCUT2D eigenvalue weighted by Gasteiger charge is -2.26. The van der Waals surface area contributed by atoms with Gasteiger partial charge in [0.15, 0.2) is 5.82 Å². The number of carbonyl (C=O) groups excluding carboxylic acids is 2. The second-order valence-corrected chi connectivity index (χ2v) is 7.99. The Labute approximate surface area is 186 Å². The van der Waals surface area contributed by atoms with Crippen LogP contribution in [0, 0.1) is 0 Å². The van der Waals surface area contributed by atoms with Crippen molar-refractivity contribution in [2.45, 2.75) is 25.4 Å². The van der Waals surface area contributed by atoms with Crippen LogP contribution in [0.2, 0.25) is 0 Å². The fraction of sp³-hybridized carbons (Fsp3) is 0.545. The van der Waals surface area contributed by atoms with Gasteiger partial charge < -0.3 is 29.1 Å². The van der Waals surface area contributed by atoms with E-state index in [0.29, 0.717) is 63.1 Å². The van der Waals surface area contributed by atoms with Gasteiger partial charge in [-0.3, -0.25) is 4.79 Å². The molecule has 1 N–H and O–H groups in total. The summed E-state index contributed by atoms with van der Waals surface area (Å²) in [5.74, 6) is 0.898. The molecule has 1 aromatic heterocycles. The number of nitrogens with zero attached hydrogens (tertiary/aromatic N) is 4. The lowest BCUT2D eigenvalue weighted by Crippen LogP contribution is -2.41. The Morgan fingerprint density at radius 1 is 1.19 bits per heavy atom. The SMILES string of the molecule is CN(CCc1noc(-c2ccc(C(=O)N3CCOCC3)cc2)n1)C(=O)NCC1CCCO1. The largest absolute Gasteiger partial charge is 0.378 e. The van der Waals surface area contributed by atoms with E-state index in [4.69, 9.17) is 14.0 Å². The Hall–Kier alpha value is -2.98. The van der Waals surface area contributed by atoms with Crippen molar-refractivity contribution < 1.29 is 23.6 Å². The fourth-order valence-corrected chi connectivity index (χ4v) is 3.69. The number of hydrogen-bond acceptors (Lipinski definition) is 7. The van der Waals surface area contributed by atoms with Crippen LogP contribution in [0.1, 0.15) is 29.0 Å². The molecule has 4 rings (SSSR count). The first-order valence-corrected chi connectivity index (χ1v) is 11.0. The summed E-state index contributed by atoms with van der Waals surface area (Å²) in [5, 5.41) is 6.90. The Morgan fingerprint density at radius 3 is 2.69 bits per heavy atom. The van der Waals surface area contributed by atoms with Crippen molar-refractivity contribution in [3.63, 3.8) is 0 Å². The third-order valence-electron chi connectivity index (χ3n) is 5.67. The molecule has 0 spiro atoms. The summed E-state index contributed by atoms with van der Waals surface area (Å²) in [5.41, 5.74) is 1.36. The van der Waals surface area contributed by atoms with Gasteiger partial charge in [0.25, 0.3) is 11.8 Å². The molecule has 2 aliphatic heterocycles. The van der Waals surface area contributed by atoms with Gasteiger partial charge in [-0.25, -0.2) is 4.79 Å². The molecule has 0 saturated carbocycles. The second-order valence-electron chi connectivity index (χ2n) is 7.99. The summed E-state index contributed by atoms with van der Waals surface area (Å²) in [7, 11) is 1.73. The zero-order valence-electron chi connectivity index (χ0n) is 18.3. The number of morpholine rings is 1. The number of amides is 3. The van der Waals surface area contributed by atoms with Crippen molar-refractivity contribution in [1.29, 1.82) is 0 Å². The van der Waals surface area contributed by atoms with E-state index in [0.717, 1.165) is 25.0 Å². The standard InChI is InChI=1S/C22H29N5O5/c1-26(22(29)23-15-18-3-2-12-31-18)9-8-19-24-20(32-25-19)16-4-6-17(7-5-16)21(28)27-10-13-30-14-11-27/h4-7,18H,2-3,8-15H2,1H3,(H,23,29). The number of hydrogen-bond donors (Lipinski definition) is 1. The minimum Gasteiger partial charge on any atom is -0.378 e. The van der Waals surface area contributed by atoms with Crippen LogP contribution in [-0.2, 0) is 15.9 Å². The fourth-order valence-electron chi connectivity index (χ4n) is 3.69. The maximum atomic E-state index is 12.6. The molecule has 10 heteroatoms. The van der Waals surface area contributed by atoms with E-state index in [1.165, 1.54) is 0 Å². The molecular weight excluding hydrogens is 414 g/mol. The topological polar surface area (TPSA) is 110 Å². The third kappa shape index (κ3) is 5.63. The van der Waals surface area contributed by atoms with Crippen molar-refractivity contribution in [2.75, 3.05) is 53.0 Å². The van der Waals surface area contributed by atoms with Gasteiger partial charge in [0.1, 0.15) is 0 Å². The van der Waals surface area contributed by atoms with Crippen molar-refractivity contribution in [3.05, 3.63) is 35.7 Å². The van der Waals surface area contributed by atoms with Gasteiger partial charge >= 0.3 is 6.03 Å². The van der Waals surface area contributed by atoms with Gasteiger partial charge in [-0.2, -0.15) is 4.98 Å². The number of carbonyl (C=O) groups is 2. The first-order valence-electron chi connectivity index (χ1n) is 11.0. The van der Waals surface area contributed by atoms with Crippen LogP contribution >= 0.6 is 0 Å². The molecule has 2 aliphatic rings. The van der Waals surface area contributed by atoms with Crippen LogP contribution < -0.4 is 5.32 Å². The Bertz CT molecular complexity index is 904. The molecule has 2 aromatic rings. The third-order valence-corrected chi connectivity index (χ3v) is 5.67. The Morgan fingerprint density at radius 2 is 1.97 bits per heavy atom. The van der Waals surface area contributed by atoms with Crippen molar-refractivity contribution >= 4 is 11.9 Å². The highest BCUT2D eigenvalue weighted by Gasteiger charge is 2.20. The summed E-state index contributed by atoms with van der Waals surface area (Å²) in [6, 6.07) is 6.99. The molecule has 1 atom stereocenters. The van der Waals surface area contributed by atoms with Crippen LogP contribution in [0.5, 0.6) is 0 Å². The maximum Gasteiger partial charge on any atom is 0.317 e. The molecule has 172 valence electrons. The first-order chi connectivity index (χ1) is 15.6. The maximum absolute atomic E-state index is 12.6. The smallest absolute Gasteiger partial charge is 0.317 e. The highest BCUT2D eigenvalue weighted by atomic mass is 16.5. The average Bonchev–Trinajstić information content (AvgIpc) is 3.53. The van der Waals surface area contributed by atoms with Crippen LogP contribution in [0.3, 0.4) is 0 Å². The molecular formula is C22H29N5O5. The summed E-state index contributed by atoms with van der Waals surface area (Å²) in [6.07, 6.45) is 2.62. The minimum atomic E-state index is -0.148. The van der Waals surface area contributed by atoms with E-state index in [1.807, 2.05) is 0 Å². The molecule has 0 bridgehead atoms. The van der Waals surface area contributed by atoms with Gasteiger partial charge in [-0.15, -0.1) is 0 Å². The zero-order valence-corrected chi connectivity index (χ0v) is 18.3. The molecule has 3 amide bonds. The molecule has 1 unspecified atom stereocenters. The highest BCUT2D eigenvalue weighted by Crippen LogP contribution is 2.19. The molecule has 1 aromatic carbocycles. The Kier molecular flexibility index (Phi) is 7.33. The van der Waals surface area contributed by atoms with Gasteiger partial charge in [0.2, 0.25) is 0 Å². The van der Waals surface area contributed by atoms with Gasteiger partial charge in [-0.1, -0.05) is 5.16 Å². The zero-order chi connectivity index (χ0) is 22.3. The summed E-state index contributed by atoms with van der Waals surface area (Å²) >= 11 is 0. The van der Waals surface area contributed by atoms with Crippen LogP contribution in [-0.4, -0.2) is 91.0 Å². The number of rotatable bonds is 7. The summed E-state index contributed by atoms with van der Waals surface area (Å²) in [6.45, 7) is 4.11. The van der Waals surface area contributed by atoms with E-state index in [9.17, 15) is 9.59 Å². The number of urea groups is 1. The summed E-state index contributed by atoms with van der Waals surface area (Å²) < 4.78 is 16.2. The number of benzene rings is 1. The number of likely N-dealkylation sites (N-methyl/N-ethyl adjacent to an activating group) is 1.